The fraction of sp³-hybridized carbons (Fsp3) is 0.250. The number of fused-ring (bicyclic) bond motifs is 2. The van der Waals surface area contributed by atoms with Gasteiger partial charge < -0.3 is 24.8 Å². The van der Waals surface area contributed by atoms with E-state index in [0.29, 0.717) is 0 Å². The Morgan fingerprint density at radius 3 is 1.11 bits per heavy atom. The molecule has 0 atom stereocenters. The third kappa shape index (κ3) is 5.49. The van der Waals surface area contributed by atoms with E-state index in [-0.39, 0.29) is 46.5 Å². The van der Waals surface area contributed by atoms with Crippen LogP contribution < -0.4 is 24.8 Å². The zero-order valence-electron chi connectivity index (χ0n) is 16.9. The summed E-state index contributed by atoms with van der Waals surface area (Å²) in [6, 6.07) is 17.8. The molecular weight excluding hydrogens is 407 g/mol. The zero-order valence-corrected chi connectivity index (χ0v) is 19.9. The topological polar surface area (TPSA) is 0 Å². The molecule has 0 fully saturated rings. The molecule has 0 saturated carbocycles. The van der Waals surface area contributed by atoms with Crippen molar-refractivity contribution in [1.82, 2.24) is 0 Å². The van der Waals surface area contributed by atoms with E-state index in [1.165, 1.54) is 54.9 Å². The summed E-state index contributed by atoms with van der Waals surface area (Å²) >= 11 is 0. The summed E-state index contributed by atoms with van der Waals surface area (Å²) in [5.74, 6) is 0. The van der Waals surface area contributed by atoms with Crippen LogP contribution in [-0.4, -0.2) is 0 Å². The Morgan fingerprint density at radius 2 is 0.815 bits per heavy atom. The standard InChI is InChI=1S/2C12H13.2ClH.Ti/c2*1-8-6-11-9(2)4-5-10(3)12(11)7-8;;;/h2*4-7H,1-3H3;2*1H;/q2*-1;;;+4/p-2. The van der Waals surface area contributed by atoms with Crippen molar-refractivity contribution in [1.29, 1.82) is 0 Å². The van der Waals surface area contributed by atoms with E-state index in [0.717, 1.165) is 0 Å². The van der Waals surface area contributed by atoms with Crippen molar-refractivity contribution in [2.45, 2.75) is 41.5 Å². The molecule has 0 aliphatic heterocycles. The summed E-state index contributed by atoms with van der Waals surface area (Å²) in [6.45, 7) is 13.0. The molecule has 0 saturated heterocycles. The van der Waals surface area contributed by atoms with E-state index in [1.807, 2.05) is 0 Å². The van der Waals surface area contributed by atoms with Gasteiger partial charge in [-0.2, -0.15) is 12.1 Å². The third-order valence-corrected chi connectivity index (χ3v) is 4.93. The van der Waals surface area contributed by atoms with E-state index in [2.05, 4.69) is 90.1 Å². The van der Waals surface area contributed by atoms with Crippen LogP contribution in [0.15, 0.2) is 48.5 Å². The molecule has 0 aliphatic rings. The van der Waals surface area contributed by atoms with Gasteiger partial charge in [0.2, 0.25) is 0 Å². The third-order valence-electron chi connectivity index (χ3n) is 4.93. The molecule has 0 N–H and O–H groups in total. The molecule has 0 aromatic heterocycles. The smallest absolute Gasteiger partial charge is 1.00 e. The van der Waals surface area contributed by atoms with Gasteiger partial charge in [-0.25, -0.2) is 0 Å². The fourth-order valence-electron chi connectivity index (χ4n) is 3.47. The molecule has 0 spiro atoms. The Morgan fingerprint density at radius 1 is 0.519 bits per heavy atom. The van der Waals surface area contributed by atoms with Crippen LogP contribution in [0.1, 0.15) is 33.4 Å². The van der Waals surface area contributed by atoms with Crippen LogP contribution in [0.4, 0.5) is 0 Å². The molecule has 140 valence electrons. The Labute approximate surface area is 190 Å². The van der Waals surface area contributed by atoms with Gasteiger partial charge in [-0.1, -0.05) is 51.0 Å². The number of aryl methyl sites for hydroxylation is 6. The monoisotopic (exact) mass is 432 g/mol. The van der Waals surface area contributed by atoms with E-state index in [4.69, 9.17) is 0 Å². The minimum Gasteiger partial charge on any atom is -1.00 e. The predicted molar refractivity (Wildman–Crippen MR) is 108 cm³/mol. The first-order valence-electron chi connectivity index (χ1n) is 8.63. The van der Waals surface area contributed by atoms with Gasteiger partial charge >= 0.3 is 21.7 Å². The molecule has 0 radical (unpaired) electrons. The second-order valence-electron chi connectivity index (χ2n) is 7.12. The summed E-state index contributed by atoms with van der Waals surface area (Å²) in [7, 11) is 0. The Kier molecular flexibility index (Phi) is 10.1. The van der Waals surface area contributed by atoms with Crippen LogP contribution in [0.2, 0.25) is 0 Å². The summed E-state index contributed by atoms with van der Waals surface area (Å²) < 4.78 is 0. The van der Waals surface area contributed by atoms with Crippen molar-refractivity contribution in [3.05, 3.63) is 81.9 Å². The molecule has 0 amide bonds. The number of hydrogen-bond acceptors (Lipinski definition) is 0. The van der Waals surface area contributed by atoms with Crippen molar-refractivity contribution in [2.75, 3.05) is 0 Å². The average Bonchev–Trinajstić information content (AvgIpc) is 3.12. The van der Waals surface area contributed by atoms with E-state index in [1.54, 1.807) is 0 Å². The largest absolute Gasteiger partial charge is 4.00 e. The predicted octanol–water partition coefficient (Wildman–Crippen LogP) is 0.973. The van der Waals surface area contributed by atoms with Gasteiger partial charge in [-0.15, -0.1) is 68.1 Å². The Bertz CT molecular complexity index is 860. The van der Waals surface area contributed by atoms with Crippen molar-refractivity contribution >= 4 is 21.5 Å². The van der Waals surface area contributed by atoms with Gasteiger partial charge in [0.05, 0.1) is 0 Å². The van der Waals surface area contributed by atoms with Gasteiger partial charge in [0.25, 0.3) is 0 Å². The molecular formula is C24H26Cl2Ti. The molecule has 4 aromatic carbocycles. The second-order valence-corrected chi connectivity index (χ2v) is 7.12. The summed E-state index contributed by atoms with van der Waals surface area (Å²) in [5, 5.41) is 5.64. The Balaban J connectivity index is 0.000000451. The van der Waals surface area contributed by atoms with Crippen LogP contribution >= 0.6 is 0 Å². The first-order valence-corrected chi connectivity index (χ1v) is 8.63. The number of rotatable bonds is 0. The molecule has 0 unspecified atom stereocenters. The minimum atomic E-state index is 0. The maximum atomic E-state index is 2.26. The van der Waals surface area contributed by atoms with Gasteiger partial charge in [0.1, 0.15) is 0 Å². The SMILES string of the molecule is Cc1cc2c(C)ccc(C)c2[cH-]1.Cc1cc2c(C)ccc(C)c2[cH-]1.[Cl-].[Cl-].[Ti+4]. The minimum absolute atomic E-state index is 0. The molecule has 4 rings (SSSR count). The second kappa shape index (κ2) is 10.5. The zero-order chi connectivity index (χ0) is 17.4. The quantitative estimate of drug-likeness (QED) is 0.287. The maximum Gasteiger partial charge on any atom is 4.00 e. The molecule has 0 heterocycles. The summed E-state index contributed by atoms with van der Waals surface area (Å²) in [5.41, 5.74) is 8.24. The summed E-state index contributed by atoms with van der Waals surface area (Å²) in [4.78, 5) is 0. The van der Waals surface area contributed by atoms with Crippen LogP contribution in [0, 0.1) is 41.5 Å². The van der Waals surface area contributed by atoms with Gasteiger partial charge in [-0.3, -0.25) is 0 Å². The van der Waals surface area contributed by atoms with Crippen molar-refractivity contribution in [3.63, 3.8) is 0 Å². The number of hydrogen-bond donors (Lipinski definition) is 0. The van der Waals surface area contributed by atoms with E-state index in [9.17, 15) is 0 Å². The molecule has 0 aliphatic carbocycles. The van der Waals surface area contributed by atoms with Crippen molar-refractivity contribution < 1.29 is 46.5 Å². The Hall–Kier alpha value is -1.05. The molecule has 4 aromatic rings. The van der Waals surface area contributed by atoms with Crippen LogP contribution in [0.5, 0.6) is 0 Å². The first kappa shape index (κ1) is 26.0. The number of halogens is 2. The first-order chi connectivity index (χ1) is 11.4. The fourth-order valence-corrected chi connectivity index (χ4v) is 3.47. The van der Waals surface area contributed by atoms with Gasteiger partial charge in [0, 0.05) is 0 Å². The van der Waals surface area contributed by atoms with Crippen molar-refractivity contribution in [3.8, 4) is 0 Å². The van der Waals surface area contributed by atoms with E-state index >= 15 is 0 Å². The van der Waals surface area contributed by atoms with E-state index < -0.39 is 0 Å². The van der Waals surface area contributed by atoms with Gasteiger partial charge in [0.15, 0.2) is 0 Å². The molecule has 27 heavy (non-hydrogen) atoms. The van der Waals surface area contributed by atoms with Crippen LogP contribution in [0.3, 0.4) is 0 Å². The number of benzene rings is 2. The van der Waals surface area contributed by atoms with Crippen molar-refractivity contribution in [2.24, 2.45) is 0 Å². The molecule has 3 heteroatoms. The summed E-state index contributed by atoms with van der Waals surface area (Å²) in [6.07, 6.45) is 0. The molecule has 0 bridgehead atoms. The van der Waals surface area contributed by atoms with Crippen LogP contribution in [-0.2, 0) is 21.7 Å². The van der Waals surface area contributed by atoms with Crippen LogP contribution in [0.25, 0.3) is 21.5 Å². The normalized spacial score (nSPS) is 9.70. The maximum absolute atomic E-state index is 2.26. The molecule has 0 nitrogen and oxygen atoms in total. The average molecular weight is 433 g/mol. The van der Waals surface area contributed by atoms with Gasteiger partial charge in [-0.05, 0) is 13.8 Å².